The van der Waals surface area contributed by atoms with Crippen LogP contribution in [0.15, 0.2) is 24.3 Å². The van der Waals surface area contributed by atoms with Crippen LogP contribution in [0.5, 0.6) is 0 Å². The van der Waals surface area contributed by atoms with Gasteiger partial charge >= 0.3 is 6.09 Å². The van der Waals surface area contributed by atoms with Crippen molar-refractivity contribution in [2.45, 2.75) is 51.2 Å². The van der Waals surface area contributed by atoms with Crippen LogP contribution in [0.1, 0.15) is 55.5 Å². The molecule has 27 heavy (non-hydrogen) atoms. The lowest BCUT2D eigenvalue weighted by atomic mass is 9.86. The molecule has 1 aromatic rings. The summed E-state index contributed by atoms with van der Waals surface area (Å²) in [4.78, 5) is 26.5. The first-order valence-electron chi connectivity index (χ1n) is 9.34. The Morgan fingerprint density at radius 2 is 1.78 bits per heavy atom. The average Bonchev–Trinajstić information content (AvgIpc) is 2.64. The van der Waals surface area contributed by atoms with Crippen molar-refractivity contribution in [3.05, 3.63) is 35.4 Å². The number of piperidine rings is 1. The van der Waals surface area contributed by atoms with Crippen molar-refractivity contribution in [1.82, 2.24) is 10.2 Å². The molecule has 0 radical (unpaired) electrons. The summed E-state index contributed by atoms with van der Waals surface area (Å²) >= 11 is 0. The lowest BCUT2D eigenvalue weighted by Gasteiger charge is -2.34. The molecule has 1 saturated heterocycles. The molecule has 1 heterocycles. The number of hydrogen-bond acceptors (Lipinski definition) is 5. The molecule has 0 atom stereocenters. The predicted molar refractivity (Wildman–Crippen MR) is 102 cm³/mol. The molecule has 0 unspecified atom stereocenters. The van der Waals surface area contributed by atoms with Gasteiger partial charge in [-0.2, -0.15) is 0 Å². The number of benzene rings is 1. The van der Waals surface area contributed by atoms with Gasteiger partial charge in [0.25, 0.3) is 5.91 Å². The van der Waals surface area contributed by atoms with Crippen molar-refractivity contribution in [2.24, 2.45) is 0 Å². The van der Waals surface area contributed by atoms with E-state index in [2.05, 4.69) is 5.32 Å². The standard InChI is InChI=1S/C20H30N2O5/c1-20(2,3)27-19(26)22-10-8-14(9-11-22)16-6-4-5-7-17(16)18(25)21-15(12-23)13-24/h4-7,14-15,23-24H,8-13H2,1-3H3,(H,21,25). The summed E-state index contributed by atoms with van der Waals surface area (Å²) in [5.41, 5.74) is 0.947. The van der Waals surface area contributed by atoms with Crippen LogP contribution in [0, 0.1) is 0 Å². The predicted octanol–water partition coefficient (Wildman–Crippen LogP) is 1.88. The van der Waals surface area contributed by atoms with Crippen molar-refractivity contribution in [1.29, 1.82) is 0 Å². The Labute approximate surface area is 160 Å². The van der Waals surface area contributed by atoms with E-state index in [0.717, 1.165) is 18.4 Å². The summed E-state index contributed by atoms with van der Waals surface area (Å²) in [6, 6.07) is 6.68. The quantitative estimate of drug-likeness (QED) is 0.727. The maximum absolute atomic E-state index is 12.5. The van der Waals surface area contributed by atoms with E-state index < -0.39 is 11.6 Å². The van der Waals surface area contributed by atoms with Gasteiger partial charge in [0.2, 0.25) is 0 Å². The van der Waals surface area contributed by atoms with E-state index in [9.17, 15) is 19.8 Å². The molecular weight excluding hydrogens is 348 g/mol. The van der Waals surface area contributed by atoms with E-state index >= 15 is 0 Å². The second-order valence-electron chi connectivity index (χ2n) is 7.86. The first-order valence-corrected chi connectivity index (χ1v) is 9.34. The normalized spacial score (nSPS) is 15.7. The SMILES string of the molecule is CC(C)(C)OC(=O)N1CCC(c2ccccc2C(=O)NC(CO)CO)CC1. The Morgan fingerprint density at radius 3 is 2.33 bits per heavy atom. The van der Waals surface area contributed by atoms with Crippen LogP contribution in [0.3, 0.4) is 0 Å². The molecule has 3 N–H and O–H groups in total. The van der Waals surface area contributed by atoms with Gasteiger partial charge in [0, 0.05) is 18.7 Å². The minimum Gasteiger partial charge on any atom is -0.444 e. The monoisotopic (exact) mass is 378 g/mol. The minimum atomic E-state index is -0.681. The van der Waals surface area contributed by atoms with Gasteiger partial charge in [0.1, 0.15) is 5.60 Å². The van der Waals surface area contributed by atoms with Gasteiger partial charge in [-0.1, -0.05) is 18.2 Å². The lowest BCUT2D eigenvalue weighted by molar-refractivity contribution is 0.0204. The largest absolute Gasteiger partial charge is 0.444 e. The van der Waals surface area contributed by atoms with Crippen LogP contribution in [-0.4, -0.2) is 65.1 Å². The van der Waals surface area contributed by atoms with Gasteiger partial charge in [-0.3, -0.25) is 4.79 Å². The highest BCUT2D eigenvalue weighted by molar-refractivity contribution is 5.96. The molecule has 0 bridgehead atoms. The van der Waals surface area contributed by atoms with Gasteiger partial charge in [-0.15, -0.1) is 0 Å². The van der Waals surface area contributed by atoms with Crippen molar-refractivity contribution >= 4 is 12.0 Å². The molecule has 2 rings (SSSR count). The topological polar surface area (TPSA) is 99.1 Å². The Bertz CT molecular complexity index is 644. The molecular formula is C20H30N2O5. The zero-order valence-corrected chi connectivity index (χ0v) is 16.3. The van der Waals surface area contributed by atoms with Crippen LogP contribution in [-0.2, 0) is 4.74 Å². The number of aliphatic hydroxyl groups excluding tert-OH is 2. The third-order valence-corrected chi connectivity index (χ3v) is 4.57. The number of nitrogens with one attached hydrogen (secondary N) is 1. The summed E-state index contributed by atoms with van der Waals surface area (Å²) in [6.45, 7) is 6.05. The first-order chi connectivity index (χ1) is 12.7. The molecule has 7 heteroatoms. The van der Waals surface area contributed by atoms with Gasteiger partial charge < -0.3 is 25.2 Å². The highest BCUT2D eigenvalue weighted by Gasteiger charge is 2.29. The number of carbonyl (C=O) groups is 2. The number of amides is 2. The Balaban J connectivity index is 2.04. The molecule has 7 nitrogen and oxygen atoms in total. The van der Waals surface area contributed by atoms with Crippen molar-refractivity contribution < 1.29 is 24.5 Å². The van der Waals surface area contributed by atoms with Crippen molar-refractivity contribution in [2.75, 3.05) is 26.3 Å². The number of carbonyl (C=O) groups excluding carboxylic acids is 2. The molecule has 0 aliphatic carbocycles. The summed E-state index contributed by atoms with van der Waals surface area (Å²) in [6.07, 6.45) is 1.18. The van der Waals surface area contributed by atoms with Crippen molar-refractivity contribution in [3.8, 4) is 0 Å². The van der Waals surface area contributed by atoms with E-state index in [1.54, 1.807) is 17.0 Å². The molecule has 1 aliphatic rings. The summed E-state index contributed by atoms with van der Waals surface area (Å²) < 4.78 is 5.42. The molecule has 1 fully saturated rings. The first kappa shape index (κ1) is 21.2. The van der Waals surface area contributed by atoms with Gasteiger partial charge in [-0.25, -0.2) is 4.79 Å². The Kier molecular flexibility index (Phi) is 7.21. The smallest absolute Gasteiger partial charge is 0.410 e. The van der Waals surface area contributed by atoms with Gasteiger partial charge in [-0.05, 0) is 51.2 Å². The molecule has 1 aliphatic heterocycles. The van der Waals surface area contributed by atoms with Gasteiger partial charge in [0.05, 0.1) is 19.3 Å². The Morgan fingerprint density at radius 1 is 1.19 bits per heavy atom. The fraction of sp³-hybridized carbons (Fsp3) is 0.600. The fourth-order valence-corrected chi connectivity index (χ4v) is 3.17. The zero-order chi connectivity index (χ0) is 20.0. The second-order valence-corrected chi connectivity index (χ2v) is 7.86. The third kappa shape index (κ3) is 5.94. The number of ether oxygens (including phenoxy) is 1. The van der Waals surface area contributed by atoms with E-state index in [4.69, 9.17) is 4.74 Å². The van der Waals surface area contributed by atoms with E-state index in [1.807, 2.05) is 32.9 Å². The van der Waals surface area contributed by atoms with Crippen molar-refractivity contribution in [3.63, 3.8) is 0 Å². The minimum absolute atomic E-state index is 0.160. The van der Waals surface area contributed by atoms with Crippen LogP contribution in [0.25, 0.3) is 0 Å². The molecule has 0 spiro atoms. The number of aliphatic hydroxyl groups is 2. The summed E-state index contributed by atoms with van der Waals surface area (Å²) in [5.74, 6) is -0.152. The zero-order valence-electron chi connectivity index (χ0n) is 16.3. The van der Waals surface area contributed by atoms with E-state index in [-0.39, 0.29) is 31.1 Å². The van der Waals surface area contributed by atoms with Crippen LogP contribution >= 0.6 is 0 Å². The lowest BCUT2D eigenvalue weighted by Crippen LogP contribution is -2.42. The maximum Gasteiger partial charge on any atom is 0.410 e. The highest BCUT2D eigenvalue weighted by atomic mass is 16.6. The molecule has 1 aromatic carbocycles. The fourth-order valence-electron chi connectivity index (χ4n) is 3.17. The van der Waals surface area contributed by atoms with Gasteiger partial charge in [0.15, 0.2) is 0 Å². The molecule has 0 aromatic heterocycles. The van der Waals surface area contributed by atoms with E-state index in [0.29, 0.717) is 18.7 Å². The number of likely N-dealkylation sites (tertiary alicyclic amines) is 1. The highest BCUT2D eigenvalue weighted by Crippen LogP contribution is 2.31. The van der Waals surface area contributed by atoms with Crippen LogP contribution < -0.4 is 5.32 Å². The number of rotatable bonds is 5. The number of nitrogens with zero attached hydrogens (tertiary/aromatic N) is 1. The molecule has 150 valence electrons. The third-order valence-electron chi connectivity index (χ3n) is 4.57. The molecule has 2 amide bonds. The summed E-state index contributed by atoms with van der Waals surface area (Å²) in [5, 5.41) is 21.0. The molecule has 0 saturated carbocycles. The van der Waals surface area contributed by atoms with Crippen LogP contribution in [0.2, 0.25) is 0 Å². The summed E-state index contributed by atoms with van der Waals surface area (Å²) in [7, 11) is 0. The van der Waals surface area contributed by atoms with Crippen LogP contribution in [0.4, 0.5) is 4.79 Å². The second kappa shape index (κ2) is 9.19. The number of hydrogen-bond donors (Lipinski definition) is 3. The Hall–Kier alpha value is -2.12. The average molecular weight is 378 g/mol. The maximum atomic E-state index is 12.5. The van der Waals surface area contributed by atoms with E-state index in [1.165, 1.54) is 0 Å².